The summed E-state index contributed by atoms with van der Waals surface area (Å²) in [4.78, 5) is 19.7. The fourth-order valence-electron chi connectivity index (χ4n) is 2.40. The van der Waals surface area contributed by atoms with Crippen molar-refractivity contribution in [1.82, 2.24) is 9.97 Å². The number of aromatic amines is 1. The molecule has 3 aromatic rings. The summed E-state index contributed by atoms with van der Waals surface area (Å²) in [5, 5.41) is 2.39. The molecule has 7 heteroatoms. The first kappa shape index (κ1) is 19.3. The largest absolute Gasteiger partial charge is 0.301 e. The van der Waals surface area contributed by atoms with E-state index in [2.05, 4.69) is 9.97 Å². The molecular weight excluding hydrogens is 411 g/mol. The Balaban J connectivity index is 1.85. The Morgan fingerprint density at radius 2 is 1.69 bits per heavy atom. The van der Waals surface area contributed by atoms with E-state index in [1.807, 2.05) is 24.3 Å². The van der Waals surface area contributed by atoms with Gasteiger partial charge in [0.15, 0.2) is 5.16 Å². The van der Waals surface area contributed by atoms with E-state index >= 15 is 0 Å². The van der Waals surface area contributed by atoms with Crippen LogP contribution in [0.4, 0.5) is 0 Å². The number of halogens is 3. The number of aromatic nitrogens is 2. The molecule has 2 aromatic carbocycles. The standard InChI is InChI=1S/C19H15Cl3N2OS/c1-11-17(9-14-15(21)3-2-4-16(14)22)23-19(24-18(11)25)26-10-12-5-7-13(20)8-6-12/h2-8H,9-10H2,1H3,(H,23,24,25). The van der Waals surface area contributed by atoms with Gasteiger partial charge in [-0.15, -0.1) is 0 Å². The maximum Gasteiger partial charge on any atom is 0.254 e. The zero-order chi connectivity index (χ0) is 18.7. The fourth-order valence-corrected chi connectivity index (χ4v) is 3.89. The highest BCUT2D eigenvalue weighted by Crippen LogP contribution is 2.27. The molecule has 0 aliphatic heterocycles. The van der Waals surface area contributed by atoms with Gasteiger partial charge in [0.05, 0.1) is 5.69 Å². The van der Waals surface area contributed by atoms with Crippen molar-refractivity contribution in [1.29, 1.82) is 0 Å². The molecule has 0 spiro atoms. The average Bonchev–Trinajstić information content (AvgIpc) is 2.61. The minimum Gasteiger partial charge on any atom is -0.301 e. The van der Waals surface area contributed by atoms with Gasteiger partial charge in [-0.1, -0.05) is 64.8 Å². The number of nitrogens with one attached hydrogen (secondary N) is 1. The van der Waals surface area contributed by atoms with Crippen LogP contribution in [0.1, 0.15) is 22.4 Å². The summed E-state index contributed by atoms with van der Waals surface area (Å²) in [6.07, 6.45) is 0.406. The van der Waals surface area contributed by atoms with Crippen molar-refractivity contribution in [3.8, 4) is 0 Å². The molecule has 26 heavy (non-hydrogen) atoms. The van der Waals surface area contributed by atoms with Gasteiger partial charge in [-0.25, -0.2) is 4.98 Å². The van der Waals surface area contributed by atoms with Crippen LogP contribution in [0.25, 0.3) is 0 Å². The predicted molar refractivity (Wildman–Crippen MR) is 110 cm³/mol. The lowest BCUT2D eigenvalue weighted by molar-refractivity contribution is 0.858. The first-order chi connectivity index (χ1) is 12.4. The molecule has 0 atom stereocenters. The highest BCUT2D eigenvalue weighted by Gasteiger charge is 2.13. The zero-order valence-electron chi connectivity index (χ0n) is 13.9. The van der Waals surface area contributed by atoms with E-state index in [0.29, 0.717) is 43.7 Å². The van der Waals surface area contributed by atoms with Gasteiger partial charge >= 0.3 is 0 Å². The molecule has 1 aromatic heterocycles. The quantitative estimate of drug-likeness (QED) is 0.407. The summed E-state index contributed by atoms with van der Waals surface area (Å²) in [6, 6.07) is 12.9. The third-order valence-electron chi connectivity index (χ3n) is 3.93. The normalized spacial score (nSPS) is 10.9. The Kier molecular flexibility index (Phi) is 6.30. The van der Waals surface area contributed by atoms with E-state index in [1.165, 1.54) is 11.8 Å². The minimum atomic E-state index is -0.156. The van der Waals surface area contributed by atoms with Crippen LogP contribution in [0.15, 0.2) is 52.4 Å². The van der Waals surface area contributed by atoms with Crippen molar-refractivity contribution in [3.05, 3.63) is 90.3 Å². The third-order valence-corrected chi connectivity index (χ3v) is 5.83. The van der Waals surface area contributed by atoms with Crippen LogP contribution in [0.2, 0.25) is 15.1 Å². The van der Waals surface area contributed by atoms with Gasteiger partial charge in [0, 0.05) is 32.8 Å². The van der Waals surface area contributed by atoms with E-state index in [-0.39, 0.29) is 5.56 Å². The van der Waals surface area contributed by atoms with E-state index in [9.17, 15) is 4.79 Å². The Bertz CT molecular complexity index is 967. The van der Waals surface area contributed by atoms with Gasteiger partial charge in [-0.2, -0.15) is 0 Å². The Morgan fingerprint density at radius 3 is 2.35 bits per heavy atom. The van der Waals surface area contributed by atoms with Crippen LogP contribution < -0.4 is 5.56 Å². The highest BCUT2D eigenvalue weighted by molar-refractivity contribution is 7.98. The second-order valence-electron chi connectivity index (χ2n) is 5.73. The lowest BCUT2D eigenvalue weighted by Crippen LogP contribution is -2.16. The maximum atomic E-state index is 12.3. The SMILES string of the molecule is Cc1c(Cc2c(Cl)cccc2Cl)nc(SCc2ccc(Cl)cc2)[nH]c1=O. The monoisotopic (exact) mass is 424 g/mol. The molecule has 0 aliphatic rings. The van der Waals surface area contributed by atoms with Crippen LogP contribution in [-0.4, -0.2) is 9.97 Å². The third kappa shape index (κ3) is 4.63. The Morgan fingerprint density at radius 1 is 1.04 bits per heavy atom. The van der Waals surface area contributed by atoms with Gasteiger partial charge in [-0.05, 0) is 42.3 Å². The molecule has 0 radical (unpaired) electrons. The lowest BCUT2D eigenvalue weighted by atomic mass is 10.1. The second-order valence-corrected chi connectivity index (χ2v) is 7.95. The molecule has 134 valence electrons. The van der Waals surface area contributed by atoms with Crippen molar-refractivity contribution in [3.63, 3.8) is 0 Å². The van der Waals surface area contributed by atoms with E-state index in [4.69, 9.17) is 34.8 Å². The smallest absolute Gasteiger partial charge is 0.254 e. The minimum absolute atomic E-state index is 0.156. The van der Waals surface area contributed by atoms with E-state index in [1.54, 1.807) is 25.1 Å². The number of benzene rings is 2. The van der Waals surface area contributed by atoms with Gasteiger partial charge in [0.1, 0.15) is 0 Å². The molecular formula is C19H15Cl3N2OS. The first-order valence-corrected chi connectivity index (χ1v) is 9.96. The molecule has 0 bridgehead atoms. The van der Waals surface area contributed by atoms with Gasteiger partial charge in [0.2, 0.25) is 0 Å². The van der Waals surface area contributed by atoms with Gasteiger partial charge in [0.25, 0.3) is 5.56 Å². The molecule has 3 rings (SSSR count). The molecule has 0 saturated carbocycles. The van der Waals surface area contributed by atoms with E-state index < -0.39 is 0 Å². The summed E-state index contributed by atoms with van der Waals surface area (Å²) in [6.45, 7) is 1.75. The number of hydrogen-bond donors (Lipinski definition) is 1. The van der Waals surface area contributed by atoms with Crippen LogP contribution in [0, 0.1) is 6.92 Å². The molecule has 0 aliphatic carbocycles. The molecule has 3 nitrogen and oxygen atoms in total. The number of nitrogens with zero attached hydrogens (tertiary/aromatic N) is 1. The van der Waals surface area contributed by atoms with Crippen LogP contribution in [-0.2, 0) is 12.2 Å². The van der Waals surface area contributed by atoms with Gasteiger partial charge in [-0.3, -0.25) is 4.79 Å². The predicted octanol–water partition coefficient (Wildman–Crippen LogP) is 5.92. The summed E-state index contributed by atoms with van der Waals surface area (Å²) in [7, 11) is 0. The first-order valence-electron chi connectivity index (χ1n) is 7.84. The number of H-pyrrole nitrogens is 1. The summed E-state index contributed by atoms with van der Waals surface area (Å²) >= 11 is 19.9. The molecule has 1 heterocycles. The van der Waals surface area contributed by atoms with Crippen molar-refractivity contribution in [2.24, 2.45) is 0 Å². The number of hydrogen-bond acceptors (Lipinski definition) is 3. The van der Waals surface area contributed by atoms with Crippen LogP contribution in [0.3, 0.4) is 0 Å². The maximum absolute atomic E-state index is 12.3. The lowest BCUT2D eigenvalue weighted by Gasteiger charge is -2.10. The second kappa shape index (κ2) is 8.49. The topological polar surface area (TPSA) is 45.8 Å². The van der Waals surface area contributed by atoms with Crippen LogP contribution in [0.5, 0.6) is 0 Å². The summed E-state index contributed by atoms with van der Waals surface area (Å²) < 4.78 is 0. The molecule has 0 amide bonds. The molecule has 1 N–H and O–H groups in total. The summed E-state index contributed by atoms with van der Waals surface area (Å²) in [5.41, 5.74) is 2.94. The fraction of sp³-hybridized carbons (Fsp3) is 0.158. The summed E-state index contributed by atoms with van der Waals surface area (Å²) in [5.74, 6) is 0.676. The van der Waals surface area contributed by atoms with Crippen molar-refractivity contribution < 1.29 is 0 Å². The Hall–Kier alpha value is -1.46. The molecule has 0 unspecified atom stereocenters. The van der Waals surface area contributed by atoms with Crippen molar-refractivity contribution in [2.75, 3.05) is 0 Å². The van der Waals surface area contributed by atoms with Crippen molar-refractivity contribution >= 4 is 46.6 Å². The number of thioether (sulfide) groups is 1. The van der Waals surface area contributed by atoms with Crippen LogP contribution >= 0.6 is 46.6 Å². The van der Waals surface area contributed by atoms with Gasteiger partial charge < -0.3 is 4.98 Å². The number of rotatable bonds is 5. The van der Waals surface area contributed by atoms with Crippen molar-refractivity contribution in [2.45, 2.75) is 24.3 Å². The highest BCUT2D eigenvalue weighted by atomic mass is 35.5. The van der Waals surface area contributed by atoms with E-state index in [0.717, 1.165) is 11.1 Å². The molecule has 0 fully saturated rings. The zero-order valence-corrected chi connectivity index (χ0v) is 16.9. The molecule has 0 saturated heterocycles. The Labute approximate surface area is 170 Å². The average molecular weight is 426 g/mol.